The second-order valence-corrected chi connectivity index (χ2v) is 6.14. The van der Waals surface area contributed by atoms with Crippen LogP contribution in [0.25, 0.3) is 0 Å². The molecule has 0 aliphatic carbocycles. The molecule has 2 aromatic rings. The lowest BCUT2D eigenvalue weighted by Crippen LogP contribution is -2.14. The molecule has 0 bridgehead atoms. The SMILES string of the molecule is COc1cc(Br)ccc1C(N)c1cc(C)c(C)cc1Cl. The van der Waals surface area contributed by atoms with Crippen LogP contribution in [-0.4, -0.2) is 7.11 Å². The van der Waals surface area contributed by atoms with Gasteiger partial charge in [0.15, 0.2) is 0 Å². The van der Waals surface area contributed by atoms with E-state index in [1.807, 2.05) is 37.3 Å². The van der Waals surface area contributed by atoms with Crippen LogP contribution in [0.4, 0.5) is 0 Å². The molecular formula is C16H17BrClNO. The van der Waals surface area contributed by atoms with Gasteiger partial charge in [-0.05, 0) is 48.7 Å². The zero-order valence-corrected chi connectivity index (χ0v) is 14.0. The third kappa shape index (κ3) is 3.00. The molecule has 1 unspecified atom stereocenters. The Hall–Kier alpha value is -1.03. The van der Waals surface area contributed by atoms with Crippen LogP contribution in [0.5, 0.6) is 5.75 Å². The Morgan fingerprint density at radius 2 is 1.75 bits per heavy atom. The fourth-order valence-electron chi connectivity index (χ4n) is 2.15. The molecular weight excluding hydrogens is 338 g/mol. The highest BCUT2D eigenvalue weighted by atomic mass is 79.9. The minimum Gasteiger partial charge on any atom is -0.496 e. The molecule has 1 atom stereocenters. The summed E-state index contributed by atoms with van der Waals surface area (Å²) in [4.78, 5) is 0. The lowest BCUT2D eigenvalue weighted by molar-refractivity contribution is 0.407. The Kier molecular flexibility index (Phi) is 4.74. The average molecular weight is 355 g/mol. The van der Waals surface area contributed by atoms with Gasteiger partial charge in [0.25, 0.3) is 0 Å². The Labute approximate surface area is 133 Å². The molecule has 0 heterocycles. The Balaban J connectivity index is 2.51. The Bertz CT molecular complexity index is 643. The largest absolute Gasteiger partial charge is 0.496 e. The Morgan fingerprint density at radius 3 is 2.40 bits per heavy atom. The van der Waals surface area contributed by atoms with E-state index in [4.69, 9.17) is 22.1 Å². The predicted molar refractivity (Wildman–Crippen MR) is 87.7 cm³/mol. The van der Waals surface area contributed by atoms with Gasteiger partial charge in [0.1, 0.15) is 5.75 Å². The maximum absolute atomic E-state index is 6.38. The van der Waals surface area contributed by atoms with Crippen LogP contribution in [-0.2, 0) is 0 Å². The lowest BCUT2D eigenvalue weighted by Gasteiger charge is -2.19. The molecule has 0 fully saturated rings. The van der Waals surface area contributed by atoms with Crippen molar-refractivity contribution < 1.29 is 4.74 Å². The van der Waals surface area contributed by atoms with Gasteiger partial charge in [-0.2, -0.15) is 0 Å². The minimum atomic E-state index is -0.315. The summed E-state index contributed by atoms with van der Waals surface area (Å²) in [5, 5.41) is 0.686. The highest BCUT2D eigenvalue weighted by Gasteiger charge is 2.17. The van der Waals surface area contributed by atoms with Crippen molar-refractivity contribution in [3.05, 3.63) is 62.1 Å². The van der Waals surface area contributed by atoms with Crippen LogP contribution >= 0.6 is 27.5 Å². The Morgan fingerprint density at radius 1 is 1.10 bits per heavy atom. The molecule has 2 aromatic carbocycles. The van der Waals surface area contributed by atoms with Crippen LogP contribution in [0.15, 0.2) is 34.8 Å². The summed E-state index contributed by atoms with van der Waals surface area (Å²) in [6.45, 7) is 4.09. The van der Waals surface area contributed by atoms with Gasteiger partial charge in [0.2, 0.25) is 0 Å². The van der Waals surface area contributed by atoms with Crippen molar-refractivity contribution in [2.24, 2.45) is 5.73 Å². The molecule has 106 valence electrons. The van der Waals surface area contributed by atoms with E-state index in [0.717, 1.165) is 26.9 Å². The van der Waals surface area contributed by atoms with E-state index < -0.39 is 0 Å². The highest BCUT2D eigenvalue weighted by molar-refractivity contribution is 9.10. The number of ether oxygens (including phenoxy) is 1. The van der Waals surface area contributed by atoms with Crippen molar-refractivity contribution in [1.82, 2.24) is 0 Å². The number of benzene rings is 2. The lowest BCUT2D eigenvalue weighted by atomic mass is 9.95. The zero-order valence-electron chi connectivity index (χ0n) is 11.7. The molecule has 2 nitrogen and oxygen atoms in total. The normalized spacial score (nSPS) is 12.3. The molecule has 0 aromatic heterocycles. The molecule has 0 aliphatic heterocycles. The first kappa shape index (κ1) is 15.4. The maximum atomic E-state index is 6.38. The van der Waals surface area contributed by atoms with E-state index in [0.29, 0.717) is 5.02 Å². The zero-order chi connectivity index (χ0) is 14.9. The van der Waals surface area contributed by atoms with E-state index in [1.165, 1.54) is 5.56 Å². The van der Waals surface area contributed by atoms with E-state index in [-0.39, 0.29) is 6.04 Å². The molecule has 4 heteroatoms. The monoisotopic (exact) mass is 353 g/mol. The first-order valence-corrected chi connectivity index (χ1v) is 7.46. The smallest absolute Gasteiger partial charge is 0.125 e. The van der Waals surface area contributed by atoms with Gasteiger partial charge >= 0.3 is 0 Å². The first-order chi connectivity index (χ1) is 9.43. The standard InChI is InChI=1S/C16H17BrClNO/c1-9-6-13(14(18)7-10(9)2)16(19)12-5-4-11(17)8-15(12)20-3/h4-8,16H,19H2,1-3H3. The van der Waals surface area contributed by atoms with Crippen molar-refractivity contribution in [3.8, 4) is 5.75 Å². The van der Waals surface area contributed by atoms with Gasteiger partial charge in [0, 0.05) is 15.1 Å². The van der Waals surface area contributed by atoms with Gasteiger partial charge in [-0.1, -0.05) is 39.7 Å². The second kappa shape index (κ2) is 6.17. The average Bonchev–Trinajstić information content (AvgIpc) is 2.42. The third-order valence-corrected chi connectivity index (χ3v) is 4.30. The van der Waals surface area contributed by atoms with Crippen molar-refractivity contribution in [3.63, 3.8) is 0 Å². The summed E-state index contributed by atoms with van der Waals surface area (Å²) in [6.07, 6.45) is 0. The number of aryl methyl sites for hydroxylation is 2. The minimum absolute atomic E-state index is 0.315. The van der Waals surface area contributed by atoms with Gasteiger partial charge < -0.3 is 10.5 Å². The summed E-state index contributed by atoms with van der Waals surface area (Å²) in [7, 11) is 1.64. The van der Waals surface area contributed by atoms with Crippen molar-refractivity contribution in [1.29, 1.82) is 0 Å². The fourth-order valence-corrected chi connectivity index (χ4v) is 2.83. The van der Waals surface area contributed by atoms with Gasteiger partial charge in [-0.25, -0.2) is 0 Å². The molecule has 20 heavy (non-hydrogen) atoms. The van der Waals surface area contributed by atoms with E-state index in [2.05, 4.69) is 22.9 Å². The number of halogens is 2. The van der Waals surface area contributed by atoms with Crippen molar-refractivity contribution in [2.45, 2.75) is 19.9 Å². The quantitative estimate of drug-likeness (QED) is 0.861. The summed E-state index contributed by atoms with van der Waals surface area (Å²) in [6, 6.07) is 9.50. The highest BCUT2D eigenvalue weighted by Crippen LogP contribution is 2.34. The van der Waals surface area contributed by atoms with Crippen LogP contribution in [0.1, 0.15) is 28.3 Å². The number of nitrogens with two attached hydrogens (primary N) is 1. The number of hydrogen-bond donors (Lipinski definition) is 1. The van der Waals surface area contributed by atoms with Crippen LogP contribution < -0.4 is 10.5 Å². The van der Waals surface area contributed by atoms with E-state index in [9.17, 15) is 0 Å². The number of methoxy groups -OCH3 is 1. The fraction of sp³-hybridized carbons (Fsp3) is 0.250. The van der Waals surface area contributed by atoms with E-state index in [1.54, 1.807) is 7.11 Å². The second-order valence-electron chi connectivity index (χ2n) is 4.82. The summed E-state index contributed by atoms with van der Waals surface area (Å²) < 4.78 is 6.36. The van der Waals surface area contributed by atoms with Gasteiger partial charge in [-0.3, -0.25) is 0 Å². The molecule has 0 saturated carbocycles. The van der Waals surface area contributed by atoms with Crippen LogP contribution in [0.3, 0.4) is 0 Å². The number of hydrogen-bond acceptors (Lipinski definition) is 2. The van der Waals surface area contributed by atoms with Gasteiger partial charge in [-0.15, -0.1) is 0 Å². The molecule has 0 aliphatic rings. The van der Waals surface area contributed by atoms with Crippen LogP contribution in [0, 0.1) is 13.8 Å². The first-order valence-electron chi connectivity index (χ1n) is 6.29. The maximum Gasteiger partial charge on any atom is 0.125 e. The predicted octanol–water partition coefficient (Wildman–Crippen LogP) is 4.78. The van der Waals surface area contributed by atoms with Crippen molar-refractivity contribution >= 4 is 27.5 Å². The summed E-state index contributed by atoms with van der Waals surface area (Å²) >= 11 is 9.77. The molecule has 0 amide bonds. The summed E-state index contributed by atoms with van der Waals surface area (Å²) in [5.41, 5.74) is 10.6. The third-order valence-electron chi connectivity index (χ3n) is 3.48. The van der Waals surface area contributed by atoms with E-state index >= 15 is 0 Å². The molecule has 2 N–H and O–H groups in total. The molecule has 2 rings (SSSR count). The van der Waals surface area contributed by atoms with Gasteiger partial charge in [0.05, 0.1) is 13.2 Å². The van der Waals surface area contributed by atoms with Crippen LogP contribution in [0.2, 0.25) is 5.02 Å². The number of rotatable bonds is 3. The molecule has 0 radical (unpaired) electrons. The topological polar surface area (TPSA) is 35.2 Å². The molecule has 0 spiro atoms. The molecule has 0 saturated heterocycles. The summed E-state index contributed by atoms with van der Waals surface area (Å²) in [5.74, 6) is 0.751. The van der Waals surface area contributed by atoms with Crippen molar-refractivity contribution in [2.75, 3.05) is 7.11 Å².